The van der Waals surface area contributed by atoms with E-state index in [1.807, 2.05) is 17.0 Å². The number of carbonyl (C=O) groups is 1. The smallest absolute Gasteiger partial charge is 0.353 e. The van der Waals surface area contributed by atoms with Gasteiger partial charge in [-0.25, -0.2) is 9.97 Å². The minimum atomic E-state index is -0.479. The molecule has 1 aliphatic heterocycles. The van der Waals surface area contributed by atoms with E-state index in [0.29, 0.717) is 38.2 Å². The zero-order chi connectivity index (χ0) is 20.1. The molecular formula is C18H20BrN5O4. The lowest BCUT2D eigenvalue weighted by Crippen LogP contribution is -2.37. The first-order chi connectivity index (χ1) is 13.5. The maximum atomic E-state index is 11.9. The lowest BCUT2D eigenvalue weighted by Gasteiger charge is -2.31. The Morgan fingerprint density at radius 1 is 1.39 bits per heavy atom. The quantitative estimate of drug-likeness (QED) is 0.403. The van der Waals surface area contributed by atoms with Gasteiger partial charge >= 0.3 is 11.7 Å². The Kier molecular flexibility index (Phi) is 6.40. The van der Waals surface area contributed by atoms with Crippen molar-refractivity contribution in [2.24, 2.45) is 5.92 Å². The van der Waals surface area contributed by atoms with Crippen molar-refractivity contribution in [1.29, 1.82) is 0 Å². The lowest BCUT2D eigenvalue weighted by atomic mass is 9.97. The number of anilines is 3. The normalized spacial score (nSPS) is 14.6. The number of benzene rings is 1. The van der Waals surface area contributed by atoms with E-state index in [4.69, 9.17) is 4.74 Å². The lowest BCUT2D eigenvalue weighted by molar-refractivity contribution is -0.383. The first kappa shape index (κ1) is 20.0. The number of ether oxygens (including phenoxy) is 1. The van der Waals surface area contributed by atoms with Gasteiger partial charge in [-0.3, -0.25) is 14.9 Å². The van der Waals surface area contributed by atoms with Gasteiger partial charge in [0.05, 0.1) is 17.4 Å². The highest BCUT2D eigenvalue weighted by Gasteiger charge is 2.32. The molecule has 0 spiro atoms. The molecule has 2 aromatic rings. The summed E-state index contributed by atoms with van der Waals surface area (Å²) in [6.07, 6.45) is 2.43. The van der Waals surface area contributed by atoms with E-state index in [-0.39, 0.29) is 29.2 Å². The molecule has 10 heteroatoms. The van der Waals surface area contributed by atoms with Crippen LogP contribution in [0.15, 0.2) is 35.1 Å². The topological polar surface area (TPSA) is 110 Å². The van der Waals surface area contributed by atoms with Crippen molar-refractivity contribution in [2.45, 2.75) is 19.8 Å². The number of hydrogen-bond acceptors (Lipinski definition) is 8. The molecule has 0 atom stereocenters. The van der Waals surface area contributed by atoms with Crippen LogP contribution in [0.5, 0.6) is 0 Å². The second-order valence-corrected chi connectivity index (χ2v) is 7.22. The minimum absolute atomic E-state index is 0.126. The van der Waals surface area contributed by atoms with Crippen LogP contribution in [-0.4, -0.2) is 40.6 Å². The van der Waals surface area contributed by atoms with Gasteiger partial charge in [-0.1, -0.05) is 22.0 Å². The molecule has 0 radical (unpaired) electrons. The second kappa shape index (κ2) is 8.96. The molecule has 0 aliphatic carbocycles. The molecule has 1 fully saturated rings. The second-order valence-electron chi connectivity index (χ2n) is 6.30. The van der Waals surface area contributed by atoms with E-state index in [9.17, 15) is 14.9 Å². The van der Waals surface area contributed by atoms with Crippen LogP contribution in [0.25, 0.3) is 0 Å². The number of hydrogen-bond donors (Lipinski definition) is 1. The van der Waals surface area contributed by atoms with Gasteiger partial charge in [0.15, 0.2) is 0 Å². The average molecular weight is 450 g/mol. The van der Waals surface area contributed by atoms with Gasteiger partial charge < -0.3 is 15.0 Å². The first-order valence-corrected chi connectivity index (χ1v) is 9.72. The summed E-state index contributed by atoms with van der Waals surface area (Å²) in [6.45, 7) is 3.09. The summed E-state index contributed by atoms with van der Waals surface area (Å²) in [5.41, 5.74) is 0.486. The largest absolute Gasteiger partial charge is 0.466 e. The van der Waals surface area contributed by atoms with Gasteiger partial charge in [0.1, 0.15) is 6.33 Å². The highest BCUT2D eigenvalue weighted by molar-refractivity contribution is 9.10. The Bertz CT molecular complexity index is 871. The summed E-state index contributed by atoms with van der Waals surface area (Å²) in [5, 5.41) is 14.8. The Morgan fingerprint density at radius 3 is 2.79 bits per heavy atom. The van der Waals surface area contributed by atoms with Crippen molar-refractivity contribution in [2.75, 3.05) is 29.9 Å². The zero-order valence-corrected chi connectivity index (χ0v) is 16.9. The number of piperidine rings is 1. The van der Waals surface area contributed by atoms with Gasteiger partial charge in [-0.2, -0.15) is 0 Å². The average Bonchev–Trinajstić information content (AvgIpc) is 2.68. The van der Waals surface area contributed by atoms with Crippen LogP contribution >= 0.6 is 15.9 Å². The standard InChI is InChI=1S/C18H20BrN5O4/c1-2-28-18(25)12-6-8-23(9-7-12)17-15(24(26)27)16(20-11-21-17)22-14-5-3-4-13(19)10-14/h3-5,10-12H,2,6-9H2,1H3,(H,20,21,22). The van der Waals surface area contributed by atoms with Crippen LogP contribution in [0.2, 0.25) is 0 Å². The Hall–Kier alpha value is -2.75. The molecule has 28 heavy (non-hydrogen) atoms. The van der Waals surface area contributed by atoms with E-state index in [2.05, 4.69) is 31.2 Å². The highest BCUT2D eigenvalue weighted by atomic mass is 79.9. The monoisotopic (exact) mass is 449 g/mol. The van der Waals surface area contributed by atoms with E-state index >= 15 is 0 Å². The predicted molar refractivity (Wildman–Crippen MR) is 108 cm³/mol. The maximum absolute atomic E-state index is 11.9. The number of rotatable bonds is 6. The fraction of sp³-hybridized carbons (Fsp3) is 0.389. The molecule has 1 aliphatic rings. The van der Waals surface area contributed by atoms with E-state index in [1.165, 1.54) is 6.33 Å². The molecule has 3 rings (SSSR count). The third-order valence-electron chi connectivity index (χ3n) is 4.49. The fourth-order valence-electron chi connectivity index (χ4n) is 3.15. The summed E-state index contributed by atoms with van der Waals surface area (Å²) in [5.74, 6) is -0.0203. The molecular weight excluding hydrogens is 430 g/mol. The number of aromatic nitrogens is 2. The number of nitro groups is 1. The van der Waals surface area contributed by atoms with Crippen LogP contribution in [-0.2, 0) is 9.53 Å². The maximum Gasteiger partial charge on any atom is 0.353 e. The Balaban J connectivity index is 1.82. The predicted octanol–water partition coefficient (Wildman–Crippen LogP) is 3.67. The van der Waals surface area contributed by atoms with Crippen molar-refractivity contribution >= 4 is 44.9 Å². The molecule has 1 N–H and O–H groups in total. The SMILES string of the molecule is CCOC(=O)C1CCN(c2ncnc(Nc3cccc(Br)c3)c2[N+](=O)[O-])CC1. The van der Waals surface area contributed by atoms with Crippen LogP contribution in [0.1, 0.15) is 19.8 Å². The fourth-order valence-corrected chi connectivity index (χ4v) is 3.55. The summed E-state index contributed by atoms with van der Waals surface area (Å²) in [7, 11) is 0. The van der Waals surface area contributed by atoms with E-state index in [0.717, 1.165) is 4.47 Å². The molecule has 1 aromatic heterocycles. The van der Waals surface area contributed by atoms with E-state index in [1.54, 1.807) is 19.1 Å². The number of nitrogens with one attached hydrogen (secondary N) is 1. The summed E-state index contributed by atoms with van der Waals surface area (Å²) < 4.78 is 5.92. The third kappa shape index (κ3) is 4.56. The van der Waals surface area contributed by atoms with Crippen molar-refractivity contribution in [3.8, 4) is 0 Å². The molecule has 2 heterocycles. The van der Waals surface area contributed by atoms with Crippen LogP contribution in [0.4, 0.5) is 23.0 Å². The minimum Gasteiger partial charge on any atom is -0.466 e. The summed E-state index contributed by atoms with van der Waals surface area (Å²) in [6, 6.07) is 7.27. The zero-order valence-electron chi connectivity index (χ0n) is 15.3. The van der Waals surface area contributed by atoms with Gasteiger partial charge in [0, 0.05) is 23.2 Å². The van der Waals surface area contributed by atoms with Crippen molar-refractivity contribution in [3.05, 3.63) is 45.2 Å². The molecule has 1 aromatic carbocycles. The van der Waals surface area contributed by atoms with Crippen LogP contribution in [0.3, 0.4) is 0 Å². The Labute approximate surface area is 170 Å². The third-order valence-corrected chi connectivity index (χ3v) is 4.98. The Morgan fingerprint density at radius 2 is 2.14 bits per heavy atom. The number of esters is 1. The first-order valence-electron chi connectivity index (χ1n) is 8.93. The number of carbonyl (C=O) groups excluding carboxylic acids is 1. The molecule has 1 saturated heterocycles. The van der Waals surface area contributed by atoms with Gasteiger partial charge in [-0.15, -0.1) is 0 Å². The molecule has 9 nitrogen and oxygen atoms in total. The van der Waals surface area contributed by atoms with Crippen molar-refractivity contribution in [3.63, 3.8) is 0 Å². The number of halogens is 1. The van der Waals surface area contributed by atoms with E-state index < -0.39 is 4.92 Å². The van der Waals surface area contributed by atoms with Gasteiger partial charge in [-0.05, 0) is 38.0 Å². The molecule has 148 valence electrons. The highest BCUT2D eigenvalue weighted by Crippen LogP contribution is 2.35. The van der Waals surface area contributed by atoms with Gasteiger partial charge in [0.2, 0.25) is 11.6 Å². The van der Waals surface area contributed by atoms with Gasteiger partial charge in [0.25, 0.3) is 0 Å². The van der Waals surface area contributed by atoms with Crippen molar-refractivity contribution in [1.82, 2.24) is 9.97 Å². The van der Waals surface area contributed by atoms with Crippen LogP contribution in [0, 0.1) is 16.0 Å². The molecule has 0 unspecified atom stereocenters. The van der Waals surface area contributed by atoms with Crippen LogP contribution < -0.4 is 10.2 Å². The molecule has 0 bridgehead atoms. The molecule has 0 amide bonds. The molecule has 0 saturated carbocycles. The summed E-state index contributed by atoms with van der Waals surface area (Å²) >= 11 is 3.38. The number of nitrogens with zero attached hydrogens (tertiary/aromatic N) is 4. The van der Waals surface area contributed by atoms with Crippen molar-refractivity contribution < 1.29 is 14.5 Å². The summed E-state index contributed by atoms with van der Waals surface area (Å²) in [4.78, 5) is 33.3.